The summed E-state index contributed by atoms with van der Waals surface area (Å²) in [6, 6.07) is 2.40. The molecule has 1 rings (SSSR count). The Labute approximate surface area is 108 Å². The summed E-state index contributed by atoms with van der Waals surface area (Å²) in [5.41, 5.74) is -0.213. The number of benzene rings is 1. The second-order valence-corrected chi connectivity index (χ2v) is 3.47. The van der Waals surface area contributed by atoms with E-state index in [4.69, 9.17) is 9.47 Å². The molecule has 7 nitrogen and oxygen atoms in total. The van der Waals surface area contributed by atoms with Crippen LogP contribution < -0.4 is 9.47 Å². The molecule has 1 aromatic rings. The lowest BCUT2D eigenvalue weighted by Gasteiger charge is -2.12. The number of esters is 3. The van der Waals surface area contributed by atoms with E-state index in [1.165, 1.54) is 12.1 Å². The zero-order valence-electron chi connectivity index (χ0n) is 10.6. The van der Waals surface area contributed by atoms with E-state index in [1.807, 2.05) is 0 Å². The fraction of sp³-hybridized carbons (Fsp3) is 0.250. The highest BCUT2D eigenvalue weighted by Crippen LogP contribution is 2.39. The van der Waals surface area contributed by atoms with Crippen molar-refractivity contribution in [2.45, 2.75) is 13.8 Å². The molecule has 0 heterocycles. The van der Waals surface area contributed by atoms with Crippen LogP contribution in [0.1, 0.15) is 24.2 Å². The molecule has 0 radical (unpaired) electrons. The number of phenolic OH excluding ortho intramolecular Hbond substituents is 1. The first-order valence-corrected chi connectivity index (χ1v) is 5.18. The van der Waals surface area contributed by atoms with E-state index >= 15 is 0 Å². The van der Waals surface area contributed by atoms with Crippen LogP contribution in [-0.4, -0.2) is 30.1 Å². The first kappa shape index (κ1) is 14.5. The Balaban J connectivity index is 3.35. The number of ether oxygens (including phenoxy) is 3. The molecule has 0 unspecified atom stereocenters. The van der Waals surface area contributed by atoms with E-state index in [-0.39, 0.29) is 11.3 Å². The fourth-order valence-electron chi connectivity index (χ4n) is 1.30. The molecule has 0 saturated carbocycles. The van der Waals surface area contributed by atoms with Crippen LogP contribution in [0.25, 0.3) is 0 Å². The van der Waals surface area contributed by atoms with Crippen LogP contribution in [0.2, 0.25) is 0 Å². The van der Waals surface area contributed by atoms with Gasteiger partial charge in [-0.25, -0.2) is 4.79 Å². The molecule has 0 spiro atoms. The quantitative estimate of drug-likeness (QED) is 0.645. The summed E-state index contributed by atoms with van der Waals surface area (Å²) >= 11 is 0. The Kier molecular flexibility index (Phi) is 4.46. The van der Waals surface area contributed by atoms with Crippen LogP contribution in [0.4, 0.5) is 0 Å². The highest BCUT2D eigenvalue weighted by Gasteiger charge is 2.22. The first-order valence-electron chi connectivity index (χ1n) is 5.18. The van der Waals surface area contributed by atoms with Crippen LogP contribution >= 0.6 is 0 Å². The van der Waals surface area contributed by atoms with Gasteiger partial charge in [0.05, 0.1) is 7.11 Å². The van der Waals surface area contributed by atoms with Gasteiger partial charge in [0.1, 0.15) is 5.56 Å². The van der Waals surface area contributed by atoms with Crippen molar-refractivity contribution in [3.63, 3.8) is 0 Å². The molecule has 1 aromatic carbocycles. The van der Waals surface area contributed by atoms with Crippen molar-refractivity contribution in [2.24, 2.45) is 0 Å². The number of rotatable bonds is 3. The molecule has 0 saturated heterocycles. The predicted molar refractivity (Wildman–Crippen MR) is 62.1 cm³/mol. The van der Waals surface area contributed by atoms with Crippen LogP contribution in [0.3, 0.4) is 0 Å². The fourth-order valence-corrected chi connectivity index (χ4v) is 1.30. The maximum Gasteiger partial charge on any atom is 0.341 e. The summed E-state index contributed by atoms with van der Waals surface area (Å²) in [5.74, 6) is -3.45. The third-order valence-corrected chi connectivity index (χ3v) is 2.00. The molecule has 0 aliphatic rings. The maximum absolute atomic E-state index is 11.4. The number of hydrogen-bond donors (Lipinski definition) is 1. The molecular weight excluding hydrogens is 256 g/mol. The van der Waals surface area contributed by atoms with E-state index < -0.39 is 29.4 Å². The summed E-state index contributed by atoms with van der Waals surface area (Å²) in [4.78, 5) is 33.2. The summed E-state index contributed by atoms with van der Waals surface area (Å²) in [7, 11) is 1.13. The third kappa shape index (κ3) is 3.44. The number of aromatic hydroxyl groups is 1. The van der Waals surface area contributed by atoms with Crippen molar-refractivity contribution in [3.05, 3.63) is 17.7 Å². The highest BCUT2D eigenvalue weighted by atomic mass is 16.6. The second kappa shape index (κ2) is 5.85. The number of carbonyl (C=O) groups excluding carboxylic acids is 3. The largest absolute Gasteiger partial charge is 0.504 e. The Morgan fingerprint density at radius 2 is 1.63 bits per heavy atom. The average Bonchev–Trinajstić information content (AvgIpc) is 2.32. The number of hydrogen-bond acceptors (Lipinski definition) is 7. The van der Waals surface area contributed by atoms with Gasteiger partial charge in [-0.2, -0.15) is 0 Å². The van der Waals surface area contributed by atoms with Gasteiger partial charge in [0.2, 0.25) is 5.75 Å². The minimum Gasteiger partial charge on any atom is -0.504 e. The monoisotopic (exact) mass is 268 g/mol. The van der Waals surface area contributed by atoms with Gasteiger partial charge in [0, 0.05) is 13.8 Å². The maximum atomic E-state index is 11.4. The van der Waals surface area contributed by atoms with Crippen molar-refractivity contribution in [2.75, 3.05) is 7.11 Å². The molecule has 0 aromatic heterocycles. The van der Waals surface area contributed by atoms with E-state index in [0.29, 0.717) is 0 Å². The summed E-state index contributed by atoms with van der Waals surface area (Å²) in [5, 5.41) is 9.86. The van der Waals surface area contributed by atoms with Gasteiger partial charge in [-0.05, 0) is 12.1 Å². The Morgan fingerprint density at radius 3 is 2.11 bits per heavy atom. The van der Waals surface area contributed by atoms with Crippen LogP contribution in [0.15, 0.2) is 12.1 Å². The van der Waals surface area contributed by atoms with Gasteiger partial charge in [-0.1, -0.05) is 0 Å². The summed E-state index contributed by atoms with van der Waals surface area (Å²) in [6.07, 6.45) is 0. The summed E-state index contributed by atoms with van der Waals surface area (Å²) < 4.78 is 14.0. The SMILES string of the molecule is COC(=O)c1ccc(OC(C)=O)c(OC(C)=O)c1O. The normalized spacial score (nSPS) is 9.63. The summed E-state index contributed by atoms with van der Waals surface area (Å²) in [6.45, 7) is 2.24. The van der Waals surface area contributed by atoms with Crippen LogP contribution in [0, 0.1) is 0 Å². The highest BCUT2D eigenvalue weighted by molar-refractivity contribution is 5.94. The van der Waals surface area contributed by atoms with Gasteiger partial charge in [-0.15, -0.1) is 0 Å². The van der Waals surface area contributed by atoms with Gasteiger partial charge in [0.25, 0.3) is 0 Å². The standard InChI is InChI=1S/C12H12O7/c1-6(13)18-9-5-4-8(12(16)17-3)10(15)11(9)19-7(2)14/h4-5,15H,1-3H3. The number of methoxy groups -OCH3 is 1. The number of carbonyl (C=O) groups is 3. The van der Waals surface area contributed by atoms with E-state index in [1.54, 1.807) is 0 Å². The van der Waals surface area contributed by atoms with E-state index in [0.717, 1.165) is 21.0 Å². The van der Waals surface area contributed by atoms with Gasteiger partial charge < -0.3 is 19.3 Å². The predicted octanol–water partition coefficient (Wildman–Crippen LogP) is 1.03. The topological polar surface area (TPSA) is 99.1 Å². The second-order valence-electron chi connectivity index (χ2n) is 3.47. The molecule has 0 aliphatic heterocycles. The van der Waals surface area contributed by atoms with Crippen molar-refractivity contribution < 1.29 is 33.7 Å². The lowest BCUT2D eigenvalue weighted by Crippen LogP contribution is -2.09. The molecule has 1 N–H and O–H groups in total. The van der Waals surface area contributed by atoms with Gasteiger partial charge in [-0.3, -0.25) is 9.59 Å². The zero-order chi connectivity index (χ0) is 14.6. The van der Waals surface area contributed by atoms with Crippen molar-refractivity contribution >= 4 is 17.9 Å². The Morgan fingerprint density at radius 1 is 1.05 bits per heavy atom. The van der Waals surface area contributed by atoms with Crippen molar-refractivity contribution in [1.82, 2.24) is 0 Å². The van der Waals surface area contributed by atoms with E-state index in [9.17, 15) is 19.5 Å². The Hall–Kier alpha value is -2.57. The lowest BCUT2D eigenvalue weighted by atomic mass is 10.1. The minimum absolute atomic E-state index is 0.173. The molecule has 0 atom stereocenters. The van der Waals surface area contributed by atoms with Gasteiger partial charge >= 0.3 is 17.9 Å². The smallest absolute Gasteiger partial charge is 0.341 e. The minimum atomic E-state index is -0.819. The van der Waals surface area contributed by atoms with Crippen LogP contribution in [-0.2, 0) is 14.3 Å². The first-order chi connectivity index (χ1) is 8.86. The average molecular weight is 268 g/mol. The van der Waals surface area contributed by atoms with Crippen molar-refractivity contribution in [3.8, 4) is 17.2 Å². The third-order valence-electron chi connectivity index (χ3n) is 2.00. The van der Waals surface area contributed by atoms with Crippen molar-refractivity contribution in [1.29, 1.82) is 0 Å². The molecule has 0 aliphatic carbocycles. The zero-order valence-corrected chi connectivity index (χ0v) is 10.6. The molecule has 0 amide bonds. The molecule has 7 heteroatoms. The van der Waals surface area contributed by atoms with Crippen LogP contribution in [0.5, 0.6) is 17.2 Å². The molecule has 0 fully saturated rings. The molecular formula is C12H12O7. The molecule has 102 valence electrons. The molecule has 19 heavy (non-hydrogen) atoms. The molecule has 0 bridgehead atoms. The van der Waals surface area contributed by atoms with Gasteiger partial charge in [0.15, 0.2) is 11.5 Å². The van der Waals surface area contributed by atoms with E-state index in [2.05, 4.69) is 4.74 Å². The number of phenols is 1. The Bertz CT molecular complexity index is 533. The lowest BCUT2D eigenvalue weighted by molar-refractivity contribution is -0.134.